The summed E-state index contributed by atoms with van der Waals surface area (Å²) in [6, 6.07) is 8.62. The Bertz CT molecular complexity index is 864. The van der Waals surface area contributed by atoms with Crippen molar-refractivity contribution in [1.82, 2.24) is 5.32 Å². The number of phenolic OH excluding ortho intramolecular Hbond substituents is 2. The van der Waals surface area contributed by atoms with Crippen molar-refractivity contribution in [2.75, 3.05) is 4.90 Å². The number of urea groups is 1. The number of carbonyl (C=O) groups is 2. The number of benzene rings is 2. The van der Waals surface area contributed by atoms with E-state index < -0.39 is 24.1 Å². The fourth-order valence-corrected chi connectivity index (χ4v) is 2.82. The fraction of sp³-hybridized carbons (Fsp3) is 0.111. The number of amides is 3. The lowest BCUT2D eigenvalue weighted by Gasteiger charge is -2.24. The van der Waals surface area contributed by atoms with E-state index in [1.54, 1.807) is 12.1 Å². The molecule has 0 saturated carbocycles. The van der Waals surface area contributed by atoms with Crippen LogP contribution in [-0.4, -0.2) is 27.3 Å². The van der Waals surface area contributed by atoms with E-state index in [0.717, 1.165) is 4.90 Å². The van der Waals surface area contributed by atoms with Gasteiger partial charge in [0, 0.05) is 17.2 Å². The highest BCUT2D eigenvalue weighted by molar-refractivity contribution is 6.14. The molecule has 2 atom stereocenters. The molecule has 1 aliphatic rings. The predicted octanol–water partition coefficient (Wildman–Crippen LogP) is 2.11. The quantitative estimate of drug-likeness (QED) is 0.503. The second-order valence-electron chi connectivity index (χ2n) is 5.55. The maximum Gasteiger partial charge on any atom is 0.329 e. The van der Waals surface area contributed by atoms with Crippen molar-refractivity contribution in [2.45, 2.75) is 12.1 Å². The van der Waals surface area contributed by atoms with Crippen molar-refractivity contribution in [3.05, 3.63) is 66.2 Å². The van der Waals surface area contributed by atoms with Gasteiger partial charge in [-0.2, -0.15) is 0 Å². The molecule has 25 heavy (non-hydrogen) atoms. The van der Waals surface area contributed by atoms with Crippen LogP contribution in [0.25, 0.3) is 0 Å². The standard InChI is InChI=1S/C18H16N2O5/c1-2-14(22)12-7-4-8-13(16(12)23)15-17(24)19-18(25)20(15)10-5-3-6-11(21)9-10/h2-9,14-15,21-23H,1H2,(H,19,24,25). The Morgan fingerprint density at radius 3 is 2.56 bits per heavy atom. The number of phenols is 2. The van der Waals surface area contributed by atoms with Gasteiger partial charge in [-0.3, -0.25) is 15.0 Å². The first-order chi connectivity index (χ1) is 11.9. The number of anilines is 1. The van der Waals surface area contributed by atoms with Crippen molar-refractivity contribution in [2.24, 2.45) is 0 Å². The van der Waals surface area contributed by atoms with Gasteiger partial charge in [-0.15, -0.1) is 6.58 Å². The van der Waals surface area contributed by atoms with Gasteiger partial charge in [-0.25, -0.2) is 4.79 Å². The minimum absolute atomic E-state index is 0.0662. The molecule has 0 spiro atoms. The fourth-order valence-electron chi connectivity index (χ4n) is 2.82. The van der Waals surface area contributed by atoms with Crippen LogP contribution in [-0.2, 0) is 4.79 Å². The second-order valence-corrected chi connectivity index (χ2v) is 5.55. The van der Waals surface area contributed by atoms with Gasteiger partial charge in [-0.1, -0.05) is 30.3 Å². The van der Waals surface area contributed by atoms with E-state index in [9.17, 15) is 24.9 Å². The molecule has 7 nitrogen and oxygen atoms in total. The Kier molecular flexibility index (Phi) is 4.16. The van der Waals surface area contributed by atoms with Crippen LogP contribution >= 0.6 is 0 Å². The van der Waals surface area contributed by atoms with E-state index in [-0.39, 0.29) is 22.6 Å². The molecule has 1 heterocycles. The topological polar surface area (TPSA) is 110 Å². The van der Waals surface area contributed by atoms with Crippen molar-refractivity contribution < 1.29 is 24.9 Å². The van der Waals surface area contributed by atoms with E-state index in [1.165, 1.54) is 36.4 Å². The molecular weight excluding hydrogens is 324 g/mol. The van der Waals surface area contributed by atoms with Crippen LogP contribution in [0.1, 0.15) is 23.3 Å². The number of carbonyl (C=O) groups excluding carboxylic acids is 2. The lowest BCUT2D eigenvalue weighted by atomic mass is 9.98. The maximum absolute atomic E-state index is 12.3. The average Bonchev–Trinajstić information content (AvgIpc) is 2.88. The number of aliphatic hydroxyl groups excluding tert-OH is 1. The van der Waals surface area contributed by atoms with Gasteiger partial charge in [0.15, 0.2) is 0 Å². The highest BCUT2D eigenvalue weighted by Gasteiger charge is 2.42. The number of imide groups is 1. The number of rotatable bonds is 4. The Hall–Kier alpha value is -3.32. The minimum Gasteiger partial charge on any atom is -0.508 e. The molecule has 2 aromatic rings. The molecule has 7 heteroatoms. The number of aliphatic hydroxyl groups is 1. The molecule has 1 saturated heterocycles. The van der Waals surface area contributed by atoms with Gasteiger partial charge in [0.1, 0.15) is 23.6 Å². The molecule has 1 aliphatic heterocycles. The van der Waals surface area contributed by atoms with Gasteiger partial charge in [-0.05, 0) is 12.1 Å². The summed E-state index contributed by atoms with van der Waals surface area (Å²) in [7, 11) is 0. The van der Waals surface area contributed by atoms with Crippen LogP contribution in [0.4, 0.5) is 10.5 Å². The predicted molar refractivity (Wildman–Crippen MR) is 90.1 cm³/mol. The van der Waals surface area contributed by atoms with Crippen LogP contribution in [0.2, 0.25) is 0 Å². The highest BCUT2D eigenvalue weighted by atomic mass is 16.3. The van der Waals surface area contributed by atoms with Gasteiger partial charge in [0.2, 0.25) is 0 Å². The zero-order valence-electron chi connectivity index (χ0n) is 13.1. The Labute approximate surface area is 143 Å². The van der Waals surface area contributed by atoms with Gasteiger partial charge in [0.25, 0.3) is 5.91 Å². The first-order valence-corrected chi connectivity index (χ1v) is 7.49. The normalized spacial score (nSPS) is 18.1. The van der Waals surface area contributed by atoms with E-state index in [2.05, 4.69) is 11.9 Å². The molecule has 0 bridgehead atoms. The summed E-state index contributed by atoms with van der Waals surface area (Å²) >= 11 is 0. The van der Waals surface area contributed by atoms with Crippen LogP contribution in [0.15, 0.2) is 55.1 Å². The summed E-state index contributed by atoms with van der Waals surface area (Å²) in [6.07, 6.45) is 0.125. The number of aromatic hydroxyl groups is 2. The molecule has 128 valence electrons. The molecule has 0 radical (unpaired) electrons. The lowest BCUT2D eigenvalue weighted by Crippen LogP contribution is -2.29. The largest absolute Gasteiger partial charge is 0.508 e. The summed E-state index contributed by atoms with van der Waals surface area (Å²) < 4.78 is 0. The van der Waals surface area contributed by atoms with Crippen molar-refractivity contribution in [3.8, 4) is 11.5 Å². The van der Waals surface area contributed by atoms with E-state index in [4.69, 9.17) is 0 Å². The highest BCUT2D eigenvalue weighted by Crippen LogP contribution is 2.39. The molecule has 0 aliphatic carbocycles. The third kappa shape index (κ3) is 2.81. The molecule has 3 amide bonds. The van der Waals surface area contributed by atoms with Crippen molar-refractivity contribution in [1.29, 1.82) is 0 Å². The van der Waals surface area contributed by atoms with Crippen molar-refractivity contribution in [3.63, 3.8) is 0 Å². The summed E-state index contributed by atoms with van der Waals surface area (Å²) in [6.45, 7) is 3.47. The Morgan fingerprint density at radius 2 is 1.88 bits per heavy atom. The first kappa shape index (κ1) is 16.5. The summed E-state index contributed by atoms with van der Waals surface area (Å²) in [4.78, 5) is 25.7. The zero-order chi connectivity index (χ0) is 18.1. The van der Waals surface area contributed by atoms with Crippen LogP contribution < -0.4 is 10.2 Å². The van der Waals surface area contributed by atoms with E-state index in [1.807, 2.05) is 0 Å². The molecule has 2 unspecified atom stereocenters. The SMILES string of the molecule is C=CC(O)c1cccc(C2C(=O)NC(=O)N2c2cccc(O)c2)c1O. The number of hydrogen-bond donors (Lipinski definition) is 4. The van der Waals surface area contributed by atoms with Crippen LogP contribution in [0.3, 0.4) is 0 Å². The Balaban J connectivity index is 2.12. The second kappa shape index (κ2) is 6.29. The molecule has 0 aromatic heterocycles. The number of nitrogens with one attached hydrogen (secondary N) is 1. The van der Waals surface area contributed by atoms with E-state index in [0.29, 0.717) is 5.69 Å². The molecule has 1 fully saturated rings. The summed E-state index contributed by atoms with van der Waals surface area (Å²) in [5.41, 5.74) is 0.628. The van der Waals surface area contributed by atoms with Gasteiger partial charge >= 0.3 is 6.03 Å². The monoisotopic (exact) mass is 340 g/mol. The first-order valence-electron chi connectivity index (χ1n) is 7.49. The molecule has 2 aromatic carbocycles. The van der Waals surface area contributed by atoms with E-state index >= 15 is 0 Å². The number of hydrogen-bond acceptors (Lipinski definition) is 5. The molecular formula is C18H16N2O5. The lowest BCUT2D eigenvalue weighted by molar-refractivity contribution is -0.120. The minimum atomic E-state index is -1.13. The van der Waals surface area contributed by atoms with Crippen LogP contribution in [0, 0.1) is 0 Å². The Morgan fingerprint density at radius 1 is 1.16 bits per heavy atom. The smallest absolute Gasteiger partial charge is 0.329 e. The third-order valence-corrected chi connectivity index (χ3v) is 4.00. The maximum atomic E-state index is 12.3. The third-order valence-electron chi connectivity index (χ3n) is 4.00. The zero-order valence-corrected chi connectivity index (χ0v) is 13.1. The van der Waals surface area contributed by atoms with Gasteiger partial charge < -0.3 is 15.3 Å². The number of para-hydroxylation sites is 1. The van der Waals surface area contributed by atoms with Crippen molar-refractivity contribution >= 4 is 17.6 Å². The summed E-state index contributed by atoms with van der Waals surface area (Å²) in [5, 5.41) is 32.3. The molecule has 4 N–H and O–H groups in total. The molecule has 3 rings (SSSR count). The number of nitrogens with zero attached hydrogens (tertiary/aromatic N) is 1. The summed E-state index contributed by atoms with van der Waals surface area (Å²) in [5.74, 6) is -0.979. The van der Waals surface area contributed by atoms with Gasteiger partial charge in [0.05, 0.1) is 5.69 Å². The van der Waals surface area contributed by atoms with Crippen LogP contribution in [0.5, 0.6) is 11.5 Å². The average molecular weight is 340 g/mol.